The maximum atomic E-state index is 12.4. The average Bonchev–Trinajstić information content (AvgIpc) is 2.86. The topological polar surface area (TPSA) is 41.1 Å². The van der Waals surface area contributed by atoms with Gasteiger partial charge in [-0.25, -0.2) is 0 Å². The third-order valence-corrected chi connectivity index (χ3v) is 4.47. The monoisotopic (exact) mass is 268 g/mol. The predicted octanol–water partition coefficient (Wildman–Crippen LogP) is 3.24. The second-order valence-electron chi connectivity index (χ2n) is 6.77. The molecule has 1 atom stereocenters. The van der Waals surface area contributed by atoms with Gasteiger partial charge in [-0.05, 0) is 37.6 Å². The number of hydrogen-bond acceptors (Lipinski definition) is 2. The van der Waals surface area contributed by atoms with Crippen LogP contribution >= 0.6 is 0 Å². The van der Waals surface area contributed by atoms with E-state index in [0.717, 1.165) is 32.4 Å². The van der Waals surface area contributed by atoms with Crippen molar-refractivity contribution < 1.29 is 4.79 Å². The van der Waals surface area contributed by atoms with Crippen LogP contribution in [0.5, 0.6) is 0 Å². The summed E-state index contributed by atoms with van der Waals surface area (Å²) in [6.45, 7) is 10.6. The highest BCUT2D eigenvalue weighted by molar-refractivity contribution is 5.86. The van der Waals surface area contributed by atoms with Gasteiger partial charge in [0, 0.05) is 6.54 Å². The summed E-state index contributed by atoms with van der Waals surface area (Å²) in [4.78, 5) is 12.4. The lowest BCUT2D eigenvalue weighted by Crippen LogP contribution is -2.54. The van der Waals surface area contributed by atoms with E-state index in [1.807, 2.05) is 0 Å². The number of amides is 1. The molecule has 0 radical (unpaired) electrons. The largest absolute Gasteiger partial charge is 0.354 e. The minimum Gasteiger partial charge on any atom is -0.354 e. The van der Waals surface area contributed by atoms with Crippen LogP contribution in [0.15, 0.2) is 0 Å². The normalized spacial score (nSPS) is 23.6. The molecule has 1 aliphatic rings. The number of rotatable bonds is 8. The van der Waals surface area contributed by atoms with Crippen molar-refractivity contribution in [1.29, 1.82) is 0 Å². The molecule has 0 saturated carbocycles. The molecular weight excluding hydrogens is 236 g/mol. The van der Waals surface area contributed by atoms with Gasteiger partial charge in [-0.3, -0.25) is 4.79 Å². The van der Waals surface area contributed by atoms with E-state index in [4.69, 9.17) is 0 Å². The van der Waals surface area contributed by atoms with E-state index in [1.165, 1.54) is 25.7 Å². The van der Waals surface area contributed by atoms with E-state index in [0.29, 0.717) is 0 Å². The first kappa shape index (κ1) is 16.5. The summed E-state index contributed by atoms with van der Waals surface area (Å²) in [5.41, 5.74) is -0.0855. The number of hydrogen-bond donors (Lipinski definition) is 2. The Morgan fingerprint density at radius 2 is 2.05 bits per heavy atom. The van der Waals surface area contributed by atoms with Crippen molar-refractivity contribution >= 4 is 5.91 Å². The molecule has 0 aromatic rings. The maximum Gasteiger partial charge on any atom is 0.240 e. The maximum absolute atomic E-state index is 12.4. The van der Waals surface area contributed by atoms with E-state index >= 15 is 0 Å². The summed E-state index contributed by atoms with van der Waals surface area (Å²) in [6.07, 6.45) is 7.97. The van der Waals surface area contributed by atoms with Gasteiger partial charge < -0.3 is 10.6 Å². The molecule has 1 heterocycles. The standard InChI is InChI=1S/C16H32N2O/c1-5-7-8-10-15(3,4)13-17-14(19)16(6-2)11-9-12-18-16/h18H,5-13H2,1-4H3,(H,17,19). The molecule has 0 aromatic carbocycles. The van der Waals surface area contributed by atoms with Crippen LogP contribution in [0.4, 0.5) is 0 Å². The predicted molar refractivity (Wildman–Crippen MR) is 81.2 cm³/mol. The first-order valence-corrected chi connectivity index (χ1v) is 7.99. The van der Waals surface area contributed by atoms with E-state index in [2.05, 4.69) is 38.3 Å². The van der Waals surface area contributed by atoms with Crippen LogP contribution in [0.25, 0.3) is 0 Å². The van der Waals surface area contributed by atoms with Crippen molar-refractivity contribution in [2.75, 3.05) is 13.1 Å². The molecular formula is C16H32N2O. The molecule has 112 valence electrons. The van der Waals surface area contributed by atoms with Crippen molar-refractivity contribution in [1.82, 2.24) is 10.6 Å². The average molecular weight is 268 g/mol. The second kappa shape index (κ2) is 7.28. The van der Waals surface area contributed by atoms with E-state index in [-0.39, 0.29) is 16.9 Å². The zero-order chi connectivity index (χ0) is 14.4. The van der Waals surface area contributed by atoms with Crippen LogP contribution in [0.3, 0.4) is 0 Å². The number of carbonyl (C=O) groups is 1. The molecule has 1 fully saturated rings. The highest BCUT2D eigenvalue weighted by Gasteiger charge is 2.39. The van der Waals surface area contributed by atoms with Crippen LogP contribution in [0.1, 0.15) is 72.6 Å². The van der Waals surface area contributed by atoms with Gasteiger partial charge in [0.05, 0.1) is 5.54 Å². The molecule has 1 amide bonds. The molecule has 0 aromatic heterocycles. The molecule has 3 heteroatoms. The molecule has 1 unspecified atom stereocenters. The lowest BCUT2D eigenvalue weighted by molar-refractivity contribution is -0.127. The quantitative estimate of drug-likeness (QED) is 0.664. The molecule has 0 bridgehead atoms. The van der Waals surface area contributed by atoms with Gasteiger partial charge in [-0.2, -0.15) is 0 Å². The van der Waals surface area contributed by atoms with Gasteiger partial charge in [0.1, 0.15) is 0 Å². The molecule has 2 N–H and O–H groups in total. The molecule has 1 saturated heterocycles. The van der Waals surface area contributed by atoms with Gasteiger partial charge in [0.2, 0.25) is 5.91 Å². The lowest BCUT2D eigenvalue weighted by Gasteiger charge is -2.30. The van der Waals surface area contributed by atoms with Crippen molar-refractivity contribution in [3.63, 3.8) is 0 Å². The van der Waals surface area contributed by atoms with E-state index in [1.54, 1.807) is 0 Å². The Balaban J connectivity index is 2.40. The second-order valence-corrected chi connectivity index (χ2v) is 6.77. The fourth-order valence-corrected chi connectivity index (χ4v) is 2.89. The minimum absolute atomic E-state index is 0.205. The highest BCUT2D eigenvalue weighted by Crippen LogP contribution is 2.25. The molecule has 0 aliphatic carbocycles. The zero-order valence-corrected chi connectivity index (χ0v) is 13.3. The summed E-state index contributed by atoms with van der Waals surface area (Å²) in [5, 5.41) is 6.58. The Bertz CT molecular complexity index is 280. The summed E-state index contributed by atoms with van der Waals surface area (Å²) in [5.74, 6) is 0.205. The van der Waals surface area contributed by atoms with E-state index in [9.17, 15) is 4.79 Å². The SMILES string of the molecule is CCCCCC(C)(C)CNC(=O)C1(CC)CCCN1. The fraction of sp³-hybridized carbons (Fsp3) is 0.938. The number of unbranched alkanes of at least 4 members (excludes halogenated alkanes) is 2. The lowest BCUT2D eigenvalue weighted by atomic mass is 9.86. The molecule has 1 rings (SSSR count). The van der Waals surface area contributed by atoms with Crippen molar-refractivity contribution in [2.24, 2.45) is 5.41 Å². The van der Waals surface area contributed by atoms with Gasteiger partial charge in [0.25, 0.3) is 0 Å². The van der Waals surface area contributed by atoms with Crippen LogP contribution in [-0.4, -0.2) is 24.5 Å². The van der Waals surface area contributed by atoms with Gasteiger partial charge >= 0.3 is 0 Å². The third-order valence-electron chi connectivity index (χ3n) is 4.47. The number of carbonyl (C=O) groups excluding carboxylic acids is 1. The fourth-order valence-electron chi connectivity index (χ4n) is 2.89. The number of nitrogens with one attached hydrogen (secondary N) is 2. The van der Waals surface area contributed by atoms with Crippen molar-refractivity contribution in [3.05, 3.63) is 0 Å². The highest BCUT2D eigenvalue weighted by atomic mass is 16.2. The summed E-state index contributed by atoms with van der Waals surface area (Å²) < 4.78 is 0. The molecule has 3 nitrogen and oxygen atoms in total. The summed E-state index contributed by atoms with van der Waals surface area (Å²) in [6, 6.07) is 0. The summed E-state index contributed by atoms with van der Waals surface area (Å²) >= 11 is 0. The first-order valence-electron chi connectivity index (χ1n) is 7.99. The van der Waals surface area contributed by atoms with E-state index < -0.39 is 0 Å². The third kappa shape index (κ3) is 4.79. The molecule has 19 heavy (non-hydrogen) atoms. The molecule has 1 aliphatic heterocycles. The van der Waals surface area contributed by atoms with Crippen LogP contribution in [-0.2, 0) is 4.79 Å². The minimum atomic E-state index is -0.292. The molecule has 0 spiro atoms. The summed E-state index contributed by atoms with van der Waals surface area (Å²) in [7, 11) is 0. The zero-order valence-electron chi connectivity index (χ0n) is 13.3. The Morgan fingerprint density at radius 1 is 1.32 bits per heavy atom. The van der Waals surface area contributed by atoms with Crippen molar-refractivity contribution in [2.45, 2.75) is 78.2 Å². The Kier molecular flexibility index (Phi) is 6.31. The van der Waals surface area contributed by atoms with Crippen LogP contribution < -0.4 is 10.6 Å². The smallest absolute Gasteiger partial charge is 0.240 e. The van der Waals surface area contributed by atoms with Gasteiger partial charge in [-0.15, -0.1) is 0 Å². The first-order chi connectivity index (χ1) is 8.96. The Hall–Kier alpha value is -0.570. The van der Waals surface area contributed by atoms with Gasteiger partial charge in [0.15, 0.2) is 0 Å². The Morgan fingerprint density at radius 3 is 2.58 bits per heavy atom. The van der Waals surface area contributed by atoms with Gasteiger partial charge in [-0.1, -0.05) is 47.0 Å². The van der Waals surface area contributed by atoms with Crippen LogP contribution in [0, 0.1) is 5.41 Å². The Labute approximate surface area is 118 Å². The van der Waals surface area contributed by atoms with Crippen LogP contribution in [0.2, 0.25) is 0 Å². The van der Waals surface area contributed by atoms with Crippen molar-refractivity contribution in [3.8, 4) is 0 Å².